The summed E-state index contributed by atoms with van der Waals surface area (Å²) < 4.78 is 6.70. The summed E-state index contributed by atoms with van der Waals surface area (Å²) >= 11 is 3.63. The first kappa shape index (κ1) is 20.6. The van der Waals surface area contributed by atoms with Crippen LogP contribution in [0.25, 0.3) is 0 Å². The number of aromatic nitrogens is 1. The highest BCUT2D eigenvalue weighted by atomic mass is 79.9. The molecule has 1 saturated heterocycles. The molecule has 5 nitrogen and oxygen atoms in total. The first-order valence-electron chi connectivity index (χ1n) is 10.6. The molecular weight excluding hydrogens is 430 g/mol. The van der Waals surface area contributed by atoms with Crippen LogP contribution in [0.2, 0.25) is 0 Å². The van der Waals surface area contributed by atoms with E-state index in [0.29, 0.717) is 11.6 Å². The van der Waals surface area contributed by atoms with Gasteiger partial charge in [0.25, 0.3) is 5.91 Å². The molecule has 0 N–H and O–H groups in total. The Bertz CT molecular complexity index is 878. The molecule has 1 aliphatic heterocycles. The number of rotatable bonds is 3. The predicted octanol–water partition coefficient (Wildman–Crippen LogP) is 4.55. The molecule has 2 heterocycles. The van der Waals surface area contributed by atoms with Crippen LogP contribution in [0.3, 0.4) is 0 Å². The molecule has 0 radical (unpaired) electrons. The third-order valence-electron chi connectivity index (χ3n) is 6.48. The highest BCUT2D eigenvalue weighted by Crippen LogP contribution is 2.38. The Labute approximate surface area is 181 Å². The lowest BCUT2D eigenvalue weighted by molar-refractivity contribution is 0.0616. The standard InChI is InChI=1S/C23H30BrN3O2/c1-23(2,3)17-8-9-20-18(14-17)21(25-29-20)22(28)27-12-10-26(11-13-27)15-16-6-4-5-7-19(16)24/h4-7,17H,8-15H2,1-3H3. The molecule has 0 spiro atoms. The fraction of sp³-hybridized carbons (Fsp3) is 0.565. The van der Waals surface area contributed by atoms with E-state index < -0.39 is 0 Å². The third kappa shape index (κ3) is 4.43. The molecule has 1 fully saturated rings. The lowest BCUT2D eigenvalue weighted by Gasteiger charge is -2.35. The number of piperazine rings is 1. The fourth-order valence-corrected chi connectivity index (χ4v) is 4.85. The second-order valence-corrected chi connectivity index (χ2v) is 10.3. The smallest absolute Gasteiger partial charge is 0.276 e. The third-order valence-corrected chi connectivity index (χ3v) is 7.25. The number of hydrogen-bond acceptors (Lipinski definition) is 4. The second-order valence-electron chi connectivity index (χ2n) is 9.40. The minimum absolute atomic E-state index is 0.0325. The SMILES string of the molecule is CC(C)(C)C1CCc2onc(C(=O)N3CCN(Cc4ccccc4Br)CC3)c2C1. The van der Waals surface area contributed by atoms with E-state index in [0.717, 1.165) is 67.8 Å². The molecule has 1 aliphatic carbocycles. The number of fused-ring (bicyclic) bond motifs is 1. The van der Waals surface area contributed by atoms with Crippen molar-refractivity contribution in [1.82, 2.24) is 15.0 Å². The molecule has 1 aromatic heterocycles. The van der Waals surface area contributed by atoms with Crippen molar-refractivity contribution in [2.45, 2.75) is 46.6 Å². The summed E-state index contributed by atoms with van der Waals surface area (Å²) in [5.74, 6) is 1.51. The molecule has 2 aliphatic rings. The summed E-state index contributed by atoms with van der Waals surface area (Å²) in [5.41, 5.74) is 3.11. The Balaban J connectivity index is 1.40. The molecule has 29 heavy (non-hydrogen) atoms. The molecule has 0 saturated carbocycles. The first-order valence-corrected chi connectivity index (χ1v) is 11.3. The maximum Gasteiger partial charge on any atom is 0.276 e. The van der Waals surface area contributed by atoms with Crippen LogP contribution < -0.4 is 0 Å². The highest BCUT2D eigenvalue weighted by Gasteiger charge is 2.35. The zero-order valence-corrected chi connectivity index (χ0v) is 19.2. The van der Waals surface area contributed by atoms with Gasteiger partial charge in [-0.2, -0.15) is 0 Å². The van der Waals surface area contributed by atoms with Crippen LogP contribution in [-0.4, -0.2) is 47.0 Å². The fourth-order valence-electron chi connectivity index (χ4n) is 4.44. The predicted molar refractivity (Wildman–Crippen MR) is 117 cm³/mol. The number of carbonyl (C=O) groups excluding carboxylic acids is 1. The number of amides is 1. The quantitative estimate of drug-likeness (QED) is 0.675. The summed E-state index contributed by atoms with van der Waals surface area (Å²) in [6.45, 7) is 10.9. The maximum absolute atomic E-state index is 13.2. The van der Waals surface area contributed by atoms with Crippen molar-refractivity contribution < 1.29 is 9.32 Å². The Kier molecular flexibility index (Phi) is 5.85. The number of hydrogen-bond donors (Lipinski definition) is 0. The zero-order valence-electron chi connectivity index (χ0n) is 17.6. The van der Waals surface area contributed by atoms with Crippen molar-refractivity contribution in [1.29, 1.82) is 0 Å². The number of aryl methyl sites for hydroxylation is 1. The molecule has 156 valence electrons. The van der Waals surface area contributed by atoms with E-state index in [1.165, 1.54) is 5.56 Å². The van der Waals surface area contributed by atoms with Crippen LogP contribution in [-0.2, 0) is 19.4 Å². The number of carbonyl (C=O) groups is 1. The second kappa shape index (κ2) is 8.23. The van der Waals surface area contributed by atoms with Gasteiger partial charge in [-0.15, -0.1) is 0 Å². The molecule has 2 aromatic rings. The number of nitrogens with zero attached hydrogens (tertiary/aromatic N) is 3. The molecule has 1 aromatic carbocycles. The topological polar surface area (TPSA) is 49.6 Å². The van der Waals surface area contributed by atoms with Crippen molar-refractivity contribution in [3.63, 3.8) is 0 Å². The van der Waals surface area contributed by atoms with Crippen LogP contribution >= 0.6 is 15.9 Å². The average molecular weight is 460 g/mol. The van der Waals surface area contributed by atoms with E-state index >= 15 is 0 Å². The summed E-state index contributed by atoms with van der Waals surface area (Å²) in [6.07, 6.45) is 2.88. The van der Waals surface area contributed by atoms with Gasteiger partial charge in [-0.3, -0.25) is 9.69 Å². The van der Waals surface area contributed by atoms with Crippen LogP contribution in [0.5, 0.6) is 0 Å². The Morgan fingerprint density at radius 3 is 2.62 bits per heavy atom. The molecule has 1 unspecified atom stereocenters. The van der Waals surface area contributed by atoms with E-state index in [1.807, 2.05) is 11.0 Å². The lowest BCUT2D eigenvalue weighted by atomic mass is 9.71. The van der Waals surface area contributed by atoms with E-state index in [4.69, 9.17) is 4.52 Å². The van der Waals surface area contributed by atoms with E-state index in [-0.39, 0.29) is 11.3 Å². The van der Waals surface area contributed by atoms with Crippen molar-refractivity contribution in [3.05, 3.63) is 51.3 Å². The van der Waals surface area contributed by atoms with Crippen LogP contribution in [0, 0.1) is 11.3 Å². The van der Waals surface area contributed by atoms with Gasteiger partial charge in [0.15, 0.2) is 5.69 Å². The summed E-state index contributed by atoms with van der Waals surface area (Å²) in [6, 6.07) is 8.33. The molecule has 1 atom stereocenters. The summed E-state index contributed by atoms with van der Waals surface area (Å²) in [7, 11) is 0. The van der Waals surface area contributed by atoms with E-state index in [1.54, 1.807) is 0 Å². The van der Waals surface area contributed by atoms with Crippen molar-refractivity contribution in [3.8, 4) is 0 Å². The molecule has 4 rings (SSSR count). The summed E-state index contributed by atoms with van der Waals surface area (Å²) in [4.78, 5) is 17.5. The van der Waals surface area contributed by atoms with Gasteiger partial charge < -0.3 is 9.42 Å². The molecule has 1 amide bonds. The number of halogens is 1. The Hall–Kier alpha value is -1.66. The van der Waals surface area contributed by atoms with Crippen molar-refractivity contribution in [2.24, 2.45) is 11.3 Å². The first-order chi connectivity index (χ1) is 13.8. The van der Waals surface area contributed by atoms with E-state index in [9.17, 15) is 4.79 Å². The lowest BCUT2D eigenvalue weighted by Crippen LogP contribution is -2.48. The van der Waals surface area contributed by atoms with Gasteiger partial charge in [0.05, 0.1) is 0 Å². The van der Waals surface area contributed by atoms with Crippen molar-refractivity contribution >= 4 is 21.8 Å². The highest BCUT2D eigenvalue weighted by molar-refractivity contribution is 9.10. The Morgan fingerprint density at radius 1 is 1.21 bits per heavy atom. The Morgan fingerprint density at radius 2 is 1.93 bits per heavy atom. The molecule has 6 heteroatoms. The monoisotopic (exact) mass is 459 g/mol. The minimum atomic E-state index is 0.0325. The van der Waals surface area contributed by atoms with Crippen LogP contribution in [0.4, 0.5) is 0 Å². The van der Waals surface area contributed by atoms with Crippen molar-refractivity contribution in [2.75, 3.05) is 26.2 Å². The van der Waals surface area contributed by atoms with Gasteiger partial charge in [-0.05, 0) is 35.8 Å². The van der Waals surface area contributed by atoms with Gasteiger partial charge in [0.1, 0.15) is 5.76 Å². The largest absolute Gasteiger partial charge is 0.360 e. The van der Waals surface area contributed by atoms with Gasteiger partial charge in [-0.25, -0.2) is 0 Å². The van der Waals surface area contributed by atoms with Gasteiger partial charge in [-0.1, -0.05) is 60.1 Å². The van der Waals surface area contributed by atoms with Gasteiger partial charge >= 0.3 is 0 Å². The zero-order chi connectivity index (χ0) is 20.6. The average Bonchev–Trinajstić information content (AvgIpc) is 3.12. The van der Waals surface area contributed by atoms with Crippen LogP contribution in [0.15, 0.2) is 33.3 Å². The summed E-state index contributed by atoms with van der Waals surface area (Å²) in [5, 5.41) is 4.20. The van der Waals surface area contributed by atoms with Crippen LogP contribution in [0.1, 0.15) is 54.6 Å². The normalized spacial score (nSPS) is 20.6. The minimum Gasteiger partial charge on any atom is -0.360 e. The van der Waals surface area contributed by atoms with Gasteiger partial charge in [0.2, 0.25) is 0 Å². The maximum atomic E-state index is 13.2. The molecular formula is C23H30BrN3O2. The van der Waals surface area contributed by atoms with E-state index in [2.05, 4.69) is 65.0 Å². The molecule has 0 bridgehead atoms. The van der Waals surface area contributed by atoms with Gasteiger partial charge in [0, 0.05) is 49.2 Å². The number of benzene rings is 1.